The van der Waals surface area contributed by atoms with Gasteiger partial charge >= 0.3 is 0 Å². The van der Waals surface area contributed by atoms with E-state index in [1.807, 2.05) is 50.2 Å². The maximum atomic E-state index is 12.6. The summed E-state index contributed by atoms with van der Waals surface area (Å²) in [5.74, 6) is 2.71. The second-order valence-electron chi connectivity index (χ2n) is 12.6. The number of hydrogen-bond acceptors (Lipinski definition) is 6. The second-order valence-corrected chi connectivity index (χ2v) is 12.6. The predicted molar refractivity (Wildman–Crippen MR) is 197 cm³/mol. The molecule has 0 spiro atoms. The van der Waals surface area contributed by atoms with Gasteiger partial charge in [0, 0.05) is 47.1 Å². The summed E-state index contributed by atoms with van der Waals surface area (Å²) >= 11 is 0. The van der Waals surface area contributed by atoms with Crippen LogP contribution in [0.5, 0.6) is 23.0 Å². The number of aromatic amines is 2. The normalized spacial score (nSPS) is 15.7. The Morgan fingerprint density at radius 3 is 1.20 bits per heavy atom. The van der Waals surface area contributed by atoms with Crippen molar-refractivity contribution in [3.63, 3.8) is 0 Å². The van der Waals surface area contributed by atoms with E-state index in [-0.39, 0.29) is 23.9 Å². The molecule has 0 radical (unpaired) electrons. The third kappa shape index (κ3) is 10.1. The van der Waals surface area contributed by atoms with Gasteiger partial charge in [-0.3, -0.25) is 9.59 Å². The quantitative estimate of drug-likeness (QED) is 0.138. The van der Waals surface area contributed by atoms with E-state index >= 15 is 0 Å². The Bertz CT molecular complexity index is 1630. The first-order chi connectivity index (χ1) is 23.9. The fraction of sp³-hybridized carbons (Fsp3) is 0.538. The van der Waals surface area contributed by atoms with Gasteiger partial charge in [-0.1, -0.05) is 71.6 Å². The molecule has 268 valence electrons. The van der Waals surface area contributed by atoms with E-state index in [0.29, 0.717) is 34.4 Å². The summed E-state index contributed by atoms with van der Waals surface area (Å²) in [6.45, 7) is 4.00. The average Bonchev–Trinajstić information content (AvgIpc) is 3.67. The molecule has 0 atom stereocenters. The highest BCUT2D eigenvalue weighted by Gasteiger charge is 2.20. The highest BCUT2D eigenvalue weighted by atomic mass is 16.5. The van der Waals surface area contributed by atoms with Crippen molar-refractivity contribution in [2.45, 2.75) is 109 Å². The van der Waals surface area contributed by atoms with Gasteiger partial charge in [0.1, 0.15) is 34.4 Å². The molecule has 2 heterocycles. The summed E-state index contributed by atoms with van der Waals surface area (Å²) in [7, 11) is 6.47. The molecule has 0 bridgehead atoms. The highest BCUT2D eigenvalue weighted by Crippen LogP contribution is 2.33. The Morgan fingerprint density at radius 2 is 0.878 bits per heavy atom. The number of nitrogens with one attached hydrogen (secondary N) is 4. The number of benzene rings is 2. The molecule has 0 aliphatic heterocycles. The molecule has 0 saturated heterocycles. The molecule has 10 nitrogen and oxygen atoms in total. The first-order valence-electron chi connectivity index (χ1n) is 18.0. The van der Waals surface area contributed by atoms with Crippen LogP contribution in [0.15, 0.2) is 36.4 Å². The van der Waals surface area contributed by atoms with Crippen molar-refractivity contribution in [1.82, 2.24) is 20.6 Å². The zero-order valence-electron chi connectivity index (χ0n) is 30.3. The molecular formula is C39H56N4O6. The minimum absolute atomic E-state index is 0.0437. The molecule has 2 aliphatic rings. The van der Waals surface area contributed by atoms with Crippen molar-refractivity contribution in [3.8, 4) is 23.0 Å². The summed E-state index contributed by atoms with van der Waals surface area (Å²) in [4.78, 5) is 31.5. The van der Waals surface area contributed by atoms with Gasteiger partial charge in [0.25, 0.3) is 11.8 Å². The molecule has 2 fully saturated rings. The number of rotatable bonds is 8. The monoisotopic (exact) mass is 676 g/mol. The summed E-state index contributed by atoms with van der Waals surface area (Å²) < 4.78 is 21.4. The Morgan fingerprint density at radius 1 is 0.531 bits per heavy atom. The maximum Gasteiger partial charge on any atom is 0.267 e. The standard InChI is InChI=1S/C19H26N2O3.C18H24N2O3.C2H6/c1-23-14-10-16-15(18(11-14)24-2)12-17(21-16)19(22)20-13-8-6-4-3-5-7-9-13;1-22-13-9-15-14(17(10-13)23-2)11-16(20-15)18(21)19-12-7-5-3-4-6-8-12;1-2/h10-13,21H,3-9H2,1-2H3,(H,20,22);9-12,20H,3-8H2,1-2H3,(H,19,21);1-2H3. The Hall–Kier alpha value is -4.34. The number of amides is 2. The smallest absolute Gasteiger partial charge is 0.267 e. The van der Waals surface area contributed by atoms with Crippen molar-refractivity contribution >= 4 is 33.6 Å². The summed E-state index contributed by atoms with van der Waals surface area (Å²) in [5, 5.41) is 8.13. The fourth-order valence-electron chi connectivity index (χ4n) is 6.73. The minimum atomic E-state index is -0.0471. The molecule has 10 heteroatoms. The molecular weight excluding hydrogens is 620 g/mol. The Balaban J connectivity index is 0.000000210. The van der Waals surface area contributed by atoms with Crippen LogP contribution < -0.4 is 29.6 Å². The zero-order chi connectivity index (χ0) is 35.2. The number of hydrogen-bond donors (Lipinski definition) is 4. The topological polar surface area (TPSA) is 127 Å². The van der Waals surface area contributed by atoms with Crippen molar-refractivity contribution < 1.29 is 28.5 Å². The van der Waals surface area contributed by atoms with Crippen LogP contribution in [0.3, 0.4) is 0 Å². The molecule has 2 aliphatic carbocycles. The van der Waals surface area contributed by atoms with Gasteiger partial charge in [-0.25, -0.2) is 0 Å². The lowest BCUT2D eigenvalue weighted by Crippen LogP contribution is -2.35. The number of H-pyrrole nitrogens is 2. The third-order valence-corrected chi connectivity index (χ3v) is 9.38. The highest BCUT2D eigenvalue weighted by molar-refractivity contribution is 6.01. The van der Waals surface area contributed by atoms with E-state index < -0.39 is 0 Å². The van der Waals surface area contributed by atoms with Crippen LogP contribution in [-0.2, 0) is 0 Å². The number of fused-ring (bicyclic) bond motifs is 2. The third-order valence-electron chi connectivity index (χ3n) is 9.38. The van der Waals surface area contributed by atoms with E-state index in [1.165, 1.54) is 57.8 Å². The van der Waals surface area contributed by atoms with Crippen molar-refractivity contribution in [2.24, 2.45) is 0 Å². The molecule has 2 aromatic carbocycles. The van der Waals surface area contributed by atoms with Gasteiger partial charge in [-0.15, -0.1) is 0 Å². The number of methoxy groups -OCH3 is 4. The van der Waals surface area contributed by atoms with Crippen LogP contribution in [0, 0.1) is 0 Å². The minimum Gasteiger partial charge on any atom is -0.497 e. The van der Waals surface area contributed by atoms with E-state index in [0.717, 1.165) is 47.5 Å². The van der Waals surface area contributed by atoms with Crippen LogP contribution >= 0.6 is 0 Å². The molecule has 2 saturated carbocycles. The maximum absolute atomic E-state index is 12.6. The molecule has 2 amide bonds. The van der Waals surface area contributed by atoms with Crippen molar-refractivity contribution in [3.05, 3.63) is 47.8 Å². The molecule has 49 heavy (non-hydrogen) atoms. The summed E-state index contributed by atoms with van der Waals surface area (Å²) in [5.41, 5.74) is 2.82. The van der Waals surface area contributed by atoms with Gasteiger partial charge in [0.2, 0.25) is 0 Å². The lowest BCUT2D eigenvalue weighted by molar-refractivity contribution is 0.0919. The zero-order valence-corrected chi connectivity index (χ0v) is 30.3. The van der Waals surface area contributed by atoms with Crippen LogP contribution in [0.2, 0.25) is 0 Å². The van der Waals surface area contributed by atoms with E-state index in [2.05, 4.69) is 20.6 Å². The SMILES string of the molecule is CC.COc1cc(OC)c2cc(C(=O)NC3CCCCCC3)[nH]c2c1.COc1cc(OC)c2cc(C(=O)NC3CCCCCCC3)[nH]c2c1. The van der Waals surface area contributed by atoms with E-state index in [1.54, 1.807) is 28.4 Å². The molecule has 6 rings (SSSR count). The fourth-order valence-corrected chi connectivity index (χ4v) is 6.73. The first-order valence-corrected chi connectivity index (χ1v) is 18.0. The van der Waals surface area contributed by atoms with Crippen LogP contribution in [0.25, 0.3) is 21.8 Å². The molecule has 0 unspecified atom stereocenters. The van der Waals surface area contributed by atoms with E-state index in [4.69, 9.17) is 18.9 Å². The first kappa shape index (κ1) is 37.5. The van der Waals surface area contributed by atoms with Gasteiger partial charge < -0.3 is 39.5 Å². The Kier molecular flexibility index (Phi) is 14.5. The van der Waals surface area contributed by atoms with Crippen molar-refractivity contribution in [2.75, 3.05) is 28.4 Å². The second kappa shape index (κ2) is 19.0. The predicted octanol–water partition coefficient (Wildman–Crippen LogP) is 8.69. The molecule has 2 aromatic heterocycles. The molecule has 4 aromatic rings. The van der Waals surface area contributed by atoms with Crippen LogP contribution in [0.4, 0.5) is 0 Å². The number of aromatic nitrogens is 2. The lowest BCUT2D eigenvalue weighted by Gasteiger charge is -2.20. The average molecular weight is 677 g/mol. The number of carbonyl (C=O) groups excluding carboxylic acids is 2. The van der Waals surface area contributed by atoms with Crippen LogP contribution in [-0.4, -0.2) is 62.3 Å². The van der Waals surface area contributed by atoms with Gasteiger partial charge in [-0.2, -0.15) is 0 Å². The molecule has 4 N–H and O–H groups in total. The van der Waals surface area contributed by atoms with Crippen LogP contribution in [0.1, 0.15) is 118 Å². The summed E-state index contributed by atoms with van der Waals surface area (Å²) in [6, 6.07) is 11.7. The van der Waals surface area contributed by atoms with Crippen molar-refractivity contribution in [1.29, 1.82) is 0 Å². The lowest BCUT2D eigenvalue weighted by atomic mass is 9.96. The largest absolute Gasteiger partial charge is 0.497 e. The summed E-state index contributed by atoms with van der Waals surface area (Å²) in [6.07, 6.45) is 15.5. The van der Waals surface area contributed by atoms with E-state index in [9.17, 15) is 9.59 Å². The van der Waals surface area contributed by atoms with Gasteiger partial charge in [0.05, 0.1) is 39.5 Å². The Labute approximate surface area is 291 Å². The number of carbonyl (C=O) groups is 2. The van der Waals surface area contributed by atoms with Gasteiger partial charge in [0.15, 0.2) is 0 Å². The number of ether oxygens (including phenoxy) is 4. The van der Waals surface area contributed by atoms with Gasteiger partial charge in [-0.05, 0) is 37.8 Å².